The van der Waals surface area contributed by atoms with Crippen molar-refractivity contribution in [1.29, 1.82) is 0 Å². The fourth-order valence-electron chi connectivity index (χ4n) is 1.79. The van der Waals surface area contributed by atoms with E-state index in [1.54, 1.807) is 30.6 Å². The molecule has 0 fully saturated rings. The summed E-state index contributed by atoms with van der Waals surface area (Å²) in [5, 5.41) is 16.5. The number of carbonyl (C=O) groups excluding carboxylic acids is 1. The number of hydrazone groups is 1. The molecule has 1 rings (SSSR count). The van der Waals surface area contributed by atoms with Crippen LogP contribution in [0.4, 0.5) is 5.69 Å². The molecule has 0 spiro atoms. The predicted molar refractivity (Wildman–Crippen MR) is 107 cm³/mol. The Hall–Kier alpha value is -1.54. The van der Waals surface area contributed by atoms with Crippen LogP contribution in [-0.2, 0) is 0 Å². The zero-order chi connectivity index (χ0) is 18.7. The molecule has 0 unspecified atom stereocenters. The Bertz CT molecular complexity index is 579. The summed E-state index contributed by atoms with van der Waals surface area (Å²) in [4.78, 5) is 22.7. The van der Waals surface area contributed by atoms with E-state index in [2.05, 4.69) is 18.9 Å². The summed E-state index contributed by atoms with van der Waals surface area (Å²) >= 11 is 3.35. The molecule has 1 amide bonds. The first-order valence-electron chi connectivity index (χ1n) is 8.36. The number of nitrogens with zero attached hydrogens (tertiary/aromatic N) is 3. The standard InChI is InChI=1S/C17H25N3O3S2/c1-4-6-12-24-17(25-13-7-5-2)18-19(3)16(21)14-8-10-15(11-9-14)20(22)23/h8-11H,4-7,12-13H2,1-3H3. The van der Waals surface area contributed by atoms with Crippen molar-refractivity contribution in [2.24, 2.45) is 5.10 Å². The van der Waals surface area contributed by atoms with E-state index < -0.39 is 4.92 Å². The fraction of sp³-hybridized carbons (Fsp3) is 0.529. The maximum Gasteiger partial charge on any atom is 0.273 e. The van der Waals surface area contributed by atoms with Crippen molar-refractivity contribution in [3.63, 3.8) is 0 Å². The van der Waals surface area contributed by atoms with Gasteiger partial charge in [-0.2, -0.15) is 5.10 Å². The van der Waals surface area contributed by atoms with Crippen LogP contribution in [0.25, 0.3) is 0 Å². The summed E-state index contributed by atoms with van der Waals surface area (Å²) < 4.78 is 0.889. The molecule has 0 aromatic heterocycles. The second-order valence-corrected chi connectivity index (χ2v) is 7.83. The van der Waals surface area contributed by atoms with E-state index in [1.807, 2.05) is 0 Å². The van der Waals surface area contributed by atoms with Crippen LogP contribution < -0.4 is 0 Å². The van der Waals surface area contributed by atoms with E-state index in [9.17, 15) is 14.9 Å². The Morgan fingerprint density at radius 1 is 1.12 bits per heavy atom. The van der Waals surface area contributed by atoms with Crippen molar-refractivity contribution >= 4 is 39.5 Å². The first kappa shape index (κ1) is 21.5. The molecule has 25 heavy (non-hydrogen) atoms. The van der Waals surface area contributed by atoms with Gasteiger partial charge in [0, 0.05) is 36.2 Å². The smallest absolute Gasteiger partial charge is 0.267 e. The third kappa shape index (κ3) is 7.92. The van der Waals surface area contributed by atoms with E-state index in [-0.39, 0.29) is 11.6 Å². The van der Waals surface area contributed by atoms with E-state index in [4.69, 9.17) is 0 Å². The van der Waals surface area contributed by atoms with Crippen LogP contribution in [0.3, 0.4) is 0 Å². The number of amides is 1. The van der Waals surface area contributed by atoms with Crippen molar-refractivity contribution in [1.82, 2.24) is 5.01 Å². The topological polar surface area (TPSA) is 75.8 Å². The van der Waals surface area contributed by atoms with Gasteiger partial charge in [-0.25, -0.2) is 5.01 Å². The van der Waals surface area contributed by atoms with Crippen molar-refractivity contribution < 1.29 is 9.72 Å². The molecule has 0 saturated heterocycles. The normalized spacial score (nSPS) is 10.4. The summed E-state index contributed by atoms with van der Waals surface area (Å²) in [5.74, 6) is 1.68. The van der Waals surface area contributed by atoms with Gasteiger partial charge in [-0.05, 0) is 25.0 Å². The maximum atomic E-state index is 12.5. The van der Waals surface area contributed by atoms with Crippen LogP contribution in [0.15, 0.2) is 29.4 Å². The van der Waals surface area contributed by atoms with Gasteiger partial charge in [0.25, 0.3) is 11.6 Å². The van der Waals surface area contributed by atoms with Gasteiger partial charge in [0.15, 0.2) is 4.38 Å². The molecule has 0 N–H and O–H groups in total. The highest BCUT2D eigenvalue weighted by Crippen LogP contribution is 2.21. The number of carbonyl (C=O) groups is 1. The fourth-order valence-corrected chi connectivity index (χ4v) is 4.20. The molecule has 0 bridgehead atoms. The summed E-state index contributed by atoms with van der Waals surface area (Å²) in [6, 6.07) is 5.58. The molecule has 1 aromatic rings. The molecule has 0 aliphatic rings. The first-order chi connectivity index (χ1) is 12.0. The molecule has 138 valence electrons. The Kier molecular flexibility index (Phi) is 10.3. The van der Waals surface area contributed by atoms with E-state index >= 15 is 0 Å². The Morgan fingerprint density at radius 2 is 1.64 bits per heavy atom. The minimum atomic E-state index is -0.483. The highest BCUT2D eigenvalue weighted by atomic mass is 32.2. The number of non-ortho nitro benzene ring substituents is 1. The summed E-state index contributed by atoms with van der Waals surface area (Å²) in [6.45, 7) is 4.29. The van der Waals surface area contributed by atoms with Crippen LogP contribution in [0.5, 0.6) is 0 Å². The van der Waals surface area contributed by atoms with Crippen molar-refractivity contribution in [3.05, 3.63) is 39.9 Å². The summed E-state index contributed by atoms with van der Waals surface area (Å²) in [7, 11) is 1.62. The Balaban J connectivity index is 2.78. The van der Waals surface area contributed by atoms with Gasteiger partial charge >= 0.3 is 0 Å². The monoisotopic (exact) mass is 383 g/mol. The second kappa shape index (κ2) is 11.9. The molecular weight excluding hydrogens is 358 g/mol. The van der Waals surface area contributed by atoms with Gasteiger partial charge in [-0.3, -0.25) is 14.9 Å². The summed E-state index contributed by atoms with van der Waals surface area (Å²) in [6.07, 6.45) is 4.46. The largest absolute Gasteiger partial charge is 0.273 e. The number of nitro benzene ring substituents is 1. The molecule has 0 atom stereocenters. The molecular formula is C17H25N3O3S2. The van der Waals surface area contributed by atoms with Crippen LogP contribution in [0.2, 0.25) is 0 Å². The second-order valence-electron chi connectivity index (χ2n) is 5.40. The van der Waals surface area contributed by atoms with Crippen molar-refractivity contribution in [2.45, 2.75) is 39.5 Å². The molecule has 0 aliphatic carbocycles. The number of unbranched alkanes of at least 4 members (excludes halogenated alkanes) is 2. The first-order valence-corrected chi connectivity index (χ1v) is 10.3. The number of rotatable bonds is 9. The molecule has 6 nitrogen and oxygen atoms in total. The Morgan fingerprint density at radius 3 is 2.08 bits per heavy atom. The average molecular weight is 384 g/mol. The van der Waals surface area contributed by atoms with E-state index in [1.165, 1.54) is 29.3 Å². The summed E-state index contributed by atoms with van der Waals surface area (Å²) in [5.41, 5.74) is 0.349. The molecule has 8 heteroatoms. The lowest BCUT2D eigenvalue weighted by Crippen LogP contribution is -2.22. The van der Waals surface area contributed by atoms with Crippen LogP contribution >= 0.6 is 23.5 Å². The highest BCUT2D eigenvalue weighted by Gasteiger charge is 2.14. The van der Waals surface area contributed by atoms with E-state index in [0.29, 0.717) is 5.56 Å². The van der Waals surface area contributed by atoms with Crippen LogP contribution in [0.1, 0.15) is 49.9 Å². The van der Waals surface area contributed by atoms with Crippen molar-refractivity contribution in [3.8, 4) is 0 Å². The van der Waals surface area contributed by atoms with Gasteiger partial charge in [0.1, 0.15) is 0 Å². The molecule has 1 aromatic carbocycles. The van der Waals surface area contributed by atoms with Gasteiger partial charge < -0.3 is 0 Å². The number of hydrogen-bond donors (Lipinski definition) is 0. The molecule has 0 saturated carbocycles. The SMILES string of the molecule is CCCCSC(=NN(C)C(=O)c1ccc([N+](=O)[O-])cc1)SCCCC. The third-order valence-corrected chi connectivity index (χ3v) is 5.65. The highest BCUT2D eigenvalue weighted by molar-refractivity contribution is 8.38. The lowest BCUT2D eigenvalue weighted by atomic mass is 10.2. The predicted octanol–water partition coefficient (Wildman–Crippen LogP) is 5.00. The molecule has 0 radical (unpaired) electrons. The van der Waals surface area contributed by atoms with Crippen LogP contribution in [-0.4, -0.2) is 38.8 Å². The van der Waals surface area contributed by atoms with Gasteiger partial charge in [0.2, 0.25) is 0 Å². The van der Waals surface area contributed by atoms with Crippen molar-refractivity contribution in [2.75, 3.05) is 18.6 Å². The van der Waals surface area contributed by atoms with Gasteiger partial charge in [0.05, 0.1) is 4.92 Å². The minimum absolute atomic E-state index is 0.0337. The van der Waals surface area contributed by atoms with E-state index in [0.717, 1.165) is 41.6 Å². The lowest BCUT2D eigenvalue weighted by molar-refractivity contribution is -0.384. The van der Waals surface area contributed by atoms with Gasteiger partial charge in [-0.15, -0.1) is 0 Å². The zero-order valence-electron chi connectivity index (χ0n) is 14.9. The van der Waals surface area contributed by atoms with Crippen LogP contribution in [0, 0.1) is 10.1 Å². The average Bonchev–Trinajstić information content (AvgIpc) is 2.61. The molecule has 0 aliphatic heterocycles. The number of thioether (sulfide) groups is 2. The number of nitro groups is 1. The minimum Gasteiger partial charge on any atom is -0.267 e. The maximum absolute atomic E-state index is 12.5. The quantitative estimate of drug-likeness (QED) is 0.197. The Labute approximate surface area is 157 Å². The van der Waals surface area contributed by atoms with Gasteiger partial charge in [-0.1, -0.05) is 50.2 Å². The number of benzene rings is 1. The lowest BCUT2D eigenvalue weighted by Gasteiger charge is -2.14. The number of hydrogen-bond acceptors (Lipinski definition) is 6. The zero-order valence-corrected chi connectivity index (χ0v) is 16.6. The molecule has 0 heterocycles. The third-order valence-electron chi connectivity index (χ3n) is 3.30.